The lowest BCUT2D eigenvalue weighted by Gasteiger charge is -2.14. The molecule has 0 atom stereocenters. The first-order valence-electron chi connectivity index (χ1n) is 3.94. The summed E-state index contributed by atoms with van der Waals surface area (Å²) in [6, 6.07) is 2.39. The first-order chi connectivity index (χ1) is 6.97. The lowest BCUT2D eigenvalue weighted by atomic mass is 10.2. The first-order valence-corrected chi connectivity index (χ1v) is 5.11. The van der Waals surface area contributed by atoms with Gasteiger partial charge in [-0.3, -0.25) is 9.63 Å². The van der Waals surface area contributed by atoms with Gasteiger partial charge < -0.3 is 0 Å². The number of halogens is 3. The molecule has 1 rings (SSSR count). The second-order valence-corrected chi connectivity index (χ2v) is 3.99. The van der Waals surface area contributed by atoms with Gasteiger partial charge >= 0.3 is 0 Å². The van der Waals surface area contributed by atoms with Gasteiger partial charge in [0.15, 0.2) is 0 Å². The van der Waals surface area contributed by atoms with Crippen LogP contribution in [0.4, 0.5) is 4.39 Å². The standard InChI is InChI=1S/C9H8BrClFNO2/c1-13(15-2)9(14)5-3-8(12)6(10)4-7(5)11/h3-4H,1-2H3. The van der Waals surface area contributed by atoms with Gasteiger partial charge in [0, 0.05) is 7.05 Å². The number of carbonyl (C=O) groups excluding carboxylic acids is 1. The zero-order chi connectivity index (χ0) is 11.6. The van der Waals surface area contributed by atoms with Crippen LogP contribution in [0.3, 0.4) is 0 Å². The first kappa shape index (κ1) is 12.4. The van der Waals surface area contributed by atoms with Crippen molar-refractivity contribution in [3.8, 4) is 0 Å². The van der Waals surface area contributed by atoms with Gasteiger partial charge in [-0.2, -0.15) is 0 Å². The number of amides is 1. The van der Waals surface area contributed by atoms with Crippen LogP contribution in [0, 0.1) is 5.82 Å². The smallest absolute Gasteiger partial charge is 0.274 e. The van der Waals surface area contributed by atoms with E-state index in [2.05, 4.69) is 20.8 Å². The van der Waals surface area contributed by atoms with Gasteiger partial charge in [-0.25, -0.2) is 9.45 Å². The molecular weight excluding hydrogens is 288 g/mol. The average molecular weight is 297 g/mol. The van der Waals surface area contributed by atoms with Crippen LogP contribution in [0.2, 0.25) is 5.02 Å². The lowest BCUT2D eigenvalue weighted by Crippen LogP contribution is -2.25. The second kappa shape index (κ2) is 4.92. The predicted molar refractivity (Wildman–Crippen MR) is 58.2 cm³/mol. The van der Waals surface area contributed by atoms with Gasteiger partial charge in [-0.05, 0) is 28.1 Å². The average Bonchev–Trinajstić information content (AvgIpc) is 2.21. The van der Waals surface area contributed by atoms with Crippen molar-refractivity contribution >= 4 is 33.4 Å². The van der Waals surface area contributed by atoms with Gasteiger partial charge in [0.1, 0.15) is 5.82 Å². The molecule has 1 amide bonds. The van der Waals surface area contributed by atoms with Gasteiger partial charge in [0.25, 0.3) is 5.91 Å². The van der Waals surface area contributed by atoms with E-state index in [-0.39, 0.29) is 15.1 Å². The summed E-state index contributed by atoms with van der Waals surface area (Å²) < 4.78 is 13.4. The molecule has 1 aromatic rings. The number of carbonyl (C=O) groups is 1. The van der Waals surface area contributed by atoms with Crippen molar-refractivity contribution in [2.24, 2.45) is 0 Å². The Labute approximate surface area is 99.9 Å². The summed E-state index contributed by atoms with van der Waals surface area (Å²) in [5, 5.41) is 1.13. The third kappa shape index (κ3) is 2.68. The van der Waals surface area contributed by atoms with E-state index in [0.717, 1.165) is 11.1 Å². The highest BCUT2D eigenvalue weighted by atomic mass is 79.9. The quantitative estimate of drug-likeness (QED) is 0.620. The zero-order valence-corrected chi connectivity index (χ0v) is 10.4. The van der Waals surface area contributed by atoms with Crippen molar-refractivity contribution in [2.75, 3.05) is 14.2 Å². The Balaban J connectivity index is 3.15. The van der Waals surface area contributed by atoms with Gasteiger partial charge in [-0.15, -0.1) is 0 Å². The number of nitrogens with zero attached hydrogens (tertiary/aromatic N) is 1. The van der Waals surface area contributed by atoms with E-state index in [1.165, 1.54) is 20.2 Å². The molecular formula is C9H8BrClFNO2. The van der Waals surface area contributed by atoms with E-state index in [4.69, 9.17) is 11.6 Å². The molecule has 6 heteroatoms. The highest BCUT2D eigenvalue weighted by Crippen LogP contribution is 2.25. The summed E-state index contributed by atoms with van der Waals surface area (Å²) in [5.74, 6) is -1.05. The minimum Gasteiger partial charge on any atom is -0.274 e. The summed E-state index contributed by atoms with van der Waals surface area (Å²) in [6.45, 7) is 0. The van der Waals surface area contributed by atoms with Gasteiger partial charge in [0.2, 0.25) is 0 Å². The Morgan fingerprint density at radius 2 is 2.20 bits per heavy atom. The molecule has 0 fully saturated rings. The molecule has 82 valence electrons. The van der Waals surface area contributed by atoms with Crippen molar-refractivity contribution in [1.82, 2.24) is 5.06 Å². The molecule has 0 aromatic heterocycles. The SMILES string of the molecule is CON(C)C(=O)c1cc(F)c(Br)cc1Cl. The maximum absolute atomic E-state index is 13.2. The largest absolute Gasteiger partial charge is 0.278 e. The molecule has 0 unspecified atom stereocenters. The van der Waals surface area contributed by atoms with Crippen LogP contribution in [-0.2, 0) is 4.84 Å². The molecule has 0 bridgehead atoms. The fourth-order valence-electron chi connectivity index (χ4n) is 0.939. The Morgan fingerprint density at radius 1 is 1.60 bits per heavy atom. The lowest BCUT2D eigenvalue weighted by molar-refractivity contribution is -0.0757. The Kier molecular flexibility index (Phi) is 4.07. The highest BCUT2D eigenvalue weighted by Gasteiger charge is 2.17. The minimum atomic E-state index is -0.549. The summed E-state index contributed by atoms with van der Waals surface area (Å²) in [4.78, 5) is 16.3. The molecule has 0 aliphatic heterocycles. The van der Waals surface area contributed by atoms with Crippen LogP contribution in [-0.4, -0.2) is 25.1 Å². The molecule has 0 spiro atoms. The molecule has 0 saturated heterocycles. The van der Waals surface area contributed by atoms with E-state index in [0.29, 0.717) is 0 Å². The maximum Gasteiger partial charge on any atom is 0.278 e. The van der Waals surface area contributed by atoms with Crippen molar-refractivity contribution in [1.29, 1.82) is 0 Å². The third-order valence-corrected chi connectivity index (χ3v) is 2.72. The normalized spacial score (nSPS) is 10.2. The summed E-state index contributed by atoms with van der Waals surface area (Å²) in [7, 11) is 2.75. The molecule has 0 aliphatic rings. The van der Waals surface area contributed by atoms with Crippen LogP contribution in [0.5, 0.6) is 0 Å². The van der Waals surface area contributed by atoms with Gasteiger partial charge in [0.05, 0.1) is 22.2 Å². The van der Waals surface area contributed by atoms with E-state index in [1.807, 2.05) is 0 Å². The minimum absolute atomic E-state index is 0.0571. The Bertz CT molecular complexity index is 400. The summed E-state index contributed by atoms with van der Waals surface area (Å²) in [6.07, 6.45) is 0. The van der Waals surface area contributed by atoms with Crippen molar-refractivity contribution in [2.45, 2.75) is 0 Å². The fraction of sp³-hybridized carbons (Fsp3) is 0.222. The van der Waals surface area contributed by atoms with E-state index in [9.17, 15) is 9.18 Å². The molecule has 1 aromatic carbocycles. The second-order valence-electron chi connectivity index (χ2n) is 2.73. The van der Waals surface area contributed by atoms with Crippen LogP contribution in [0.15, 0.2) is 16.6 Å². The summed E-state index contributed by atoms with van der Waals surface area (Å²) >= 11 is 8.77. The number of hydroxylamine groups is 2. The van der Waals surface area contributed by atoms with Crippen molar-refractivity contribution in [3.05, 3.63) is 33.0 Å². The van der Waals surface area contributed by atoms with E-state index < -0.39 is 11.7 Å². The number of rotatable bonds is 2. The van der Waals surface area contributed by atoms with Crippen molar-refractivity contribution in [3.63, 3.8) is 0 Å². The van der Waals surface area contributed by atoms with Crippen LogP contribution in [0.1, 0.15) is 10.4 Å². The third-order valence-electron chi connectivity index (χ3n) is 1.80. The summed E-state index contributed by atoms with van der Waals surface area (Å²) in [5.41, 5.74) is 0.0571. The topological polar surface area (TPSA) is 29.5 Å². The number of benzene rings is 1. The molecule has 3 nitrogen and oxygen atoms in total. The fourth-order valence-corrected chi connectivity index (χ4v) is 1.66. The zero-order valence-electron chi connectivity index (χ0n) is 8.05. The molecule has 15 heavy (non-hydrogen) atoms. The van der Waals surface area contributed by atoms with Crippen LogP contribution in [0.25, 0.3) is 0 Å². The molecule has 0 saturated carbocycles. The van der Waals surface area contributed by atoms with E-state index >= 15 is 0 Å². The molecule has 0 N–H and O–H groups in total. The van der Waals surface area contributed by atoms with Crippen LogP contribution < -0.4 is 0 Å². The predicted octanol–water partition coefficient (Wildman–Crippen LogP) is 2.88. The molecule has 0 aliphatic carbocycles. The number of hydrogen-bond donors (Lipinski definition) is 0. The van der Waals surface area contributed by atoms with Crippen molar-refractivity contribution < 1.29 is 14.0 Å². The number of hydrogen-bond acceptors (Lipinski definition) is 2. The molecule has 0 heterocycles. The Hall–Kier alpha value is -0.650. The molecule has 0 radical (unpaired) electrons. The van der Waals surface area contributed by atoms with Crippen LogP contribution >= 0.6 is 27.5 Å². The maximum atomic E-state index is 13.2. The highest BCUT2D eigenvalue weighted by molar-refractivity contribution is 9.10. The van der Waals surface area contributed by atoms with E-state index in [1.54, 1.807) is 0 Å². The van der Waals surface area contributed by atoms with Gasteiger partial charge in [-0.1, -0.05) is 11.6 Å². The monoisotopic (exact) mass is 295 g/mol. The Morgan fingerprint density at radius 3 is 2.73 bits per heavy atom.